The van der Waals surface area contributed by atoms with E-state index in [1.54, 1.807) is 30.3 Å². The molecule has 30 heavy (non-hydrogen) atoms. The van der Waals surface area contributed by atoms with Crippen molar-refractivity contribution in [1.82, 2.24) is 0 Å². The third kappa shape index (κ3) is 3.97. The van der Waals surface area contributed by atoms with Gasteiger partial charge in [0.05, 0.1) is 17.0 Å². The number of nitrogens with zero attached hydrogens (tertiary/aromatic N) is 2. The summed E-state index contributed by atoms with van der Waals surface area (Å²) >= 11 is 0. The predicted molar refractivity (Wildman–Crippen MR) is 111 cm³/mol. The van der Waals surface area contributed by atoms with Gasteiger partial charge in [0.25, 0.3) is 11.6 Å². The molecular weight excluding hydrogens is 386 g/mol. The Labute approximate surface area is 171 Å². The Morgan fingerprint density at radius 1 is 0.933 bits per heavy atom. The van der Waals surface area contributed by atoms with E-state index in [0.29, 0.717) is 22.9 Å². The Kier molecular flexibility index (Phi) is 5.13. The summed E-state index contributed by atoms with van der Waals surface area (Å²) in [6, 6.07) is 20.9. The number of nitro benzene ring substituents is 1. The molecule has 0 saturated carbocycles. The second-order valence-electron chi connectivity index (χ2n) is 6.68. The first-order chi connectivity index (χ1) is 14.5. The number of non-ortho nitro benzene ring substituents is 1. The molecule has 1 aliphatic rings. The molecule has 1 N–H and O–H groups in total. The SMILES string of the molecule is O=C1C[C@@H](Nc2cccc([N+](=O)[O-])c2)C(=O)N1c1ccc(Oc2ccccc2)cc1. The van der Waals surface area contributed by atoms with Crippen LogP contribution in [0.1, 0.15) is 6.42 Å². The van der Waals surface area contributed by atoms with Crippen LogP contribution in [0.2, 0.25) is 0 Å². The molecule has 0 aromatic heterocycles. The zero-order valence-corrected chi connectivity index (χ0v) is 15.7. The highest BCUT2D eigenvalue weighted by molar-refractivity contribution is 6.23. The molecule has 1 fully saturated rings. The van der Waals surface area contributed by atoms with Crippen LogP contribution in [-0.2, 0) is 9.59 Å². The van der Waals surface area contributed by atoms with Crippen molar-refractivity contribution in [3.63, 3.8) is 0 Å². The molecule has 8 nitrogen and oxygen atoms in total. The van der Waals surface area contributed by atoms with Gasteiger partial charge in [-0.1, -0.05) is 24.3 Å². The zero-order valence-electron chi connectivity index (χ0n) is 15.7. The summed E-state index contributed by atoms with van der Waals surface area (Å²) in [6.07, 6.45) is -0.0379. The Hall–Kier alpha value is -4.20. The molecule has 150 valence electrons. The van der Waals surface area contributed by atoms with Gasteiger partial charge in [0.2, 0.25) is 5.91 Å². The Bertz CT molecular complexity index is 1100. The number of imide groups is 1. The molecule has 0 unspecified atom stereocenters. The molecule has 0 radical (unpaired) electrons. The highest BCUT2D eigenvalue weighted by Crippen LogP contribution is 2.29. The van der Waals surface area contributed by atoms with Crippen molar-refractivity contribution in [3.05, 3.63) is 89.0 Å². The molecular formula is C22H17N3O5. The lowest BCUT2D eigenvalue weighted by atomic mass is 10.2. The first-order valence-corrected chi connectivity index (χ1v) is 9.22. The highest BCUT2D eigenvalue weighted by Gasteiger charge is 2.39. The predicted octanol–water partition coefficient (Wildman–Crippen LogP) is 4.13. The number of nitrogens with one attached hydrogen (secondary N) is 1. The summed E-state index contributed by atoms with van der Waals surface area (Å²) in [6.45, 7) is 0. The van der Waals surface area contributed by atoms with E-state index in [4.69, 9.17) is 4.74 Å². The van der Waals surface area contributed by atoms with Crippen LogP contribution in [0, 0.1) is 10.1 Å². The van der Waals surface area contributed by atoms with Gasteiger partial charge >= 0.3 is 0 Å². The van der Waals surface area contributed by atoms with E-state index in [2.05, 4.69) is 5.32 Å². The molecule has 8 heteroatoms. The van der Waals surface area contributed by atoms with E-state index < -0.39 is 16.9 Å². The molecule has 1 aliphatic heterocycles. The number of carbonyl (C=O) groups is 2. The van der Waals surface area contributed by atoms with Crippen molar-refractivity contribution in [2.45, 2.75) is 12.5 Å². The number of amides is 2. The van der Waals surface area contributed by atoms with E-state index >= 15 is 0 Å². The quantitative estimate of drug-likeness (QED) is 0.377. The van der Waals surface area contributed by atoms with Crippen LogP contribution in [-0.4, -0.2) is 22.8 Å². The average molecular weight is 403 g/mol. The summed E-state index contributed by atoms with van der Waals surface area (Å²) in [5, 5.41) is 13.8. The maximum absolute atomic E-state index is 12.8. The number of hydrogen-bond donors (Lipinski definition) is 1. The normalized spacial score (nSPS) is 15.9. The van der Waals surface area contributed by atoms with E-state index in [9.17, 15) is 19.7 Å². The smallest absolute Gasteiger partial charge is 0.271 e. The van der Waals surface area contributed by atoms with Gasteiger partial charge in [-0.3, -0.25) is 19.7 Å². The van der Waals surface area contributed by atoms with Crippen LogP contribution < -0.4 is 15.0 Å². The van der Waals surface area contributed by atoms with Gasteiger partial charge in [0.15, 0.2) is 0 Å². The summed E-state index contributed by atoms with van der Waals surface area (Å²) < 4.78 is 5.72. The van der Waals surface area contributed by atoms with Gasteiger partial charge < -0.3 is 10.1 Å². The number of anilines is 2. The van der Waals surface area contributed by atoms with Crippen LogP contribution >= 0.6 is 0 Å². The summed E-state index contributed by atoms with van der Waals surface area (Å²) in [7, 11) is 0. The van der Waals surface area contributed by atoms with Gasteiger partial charge in [-0.05, 0) is 42.5 Å². The number of nitro groups is 1. The van der Waals surface area contributed by atoms with Crippen LogP contribution in [0.25, 0.3) is 0 Å². The topological polar surface area (TPSA) is 102 Å². The molecule has 0 aliphatic carbocycles. The van der Waals surface area contributed by atoms with Gasteiger partial charge in [0, 0.05) is 17.8 Å². The van der Waals surface area contributed by atoms with Crippen LogP contribution in [0.4, 0.5) is 17.1 Å². The third-order valence-electron chi connectivity index (χ3n) is 4.62. The highest BCUT2D eigenvalue weighted by atomic mass is 16.6. The van der Waals surface area contributed by atoms with E-state index in [1.165, 1.54) is 18.2 Å². The van der Waals surface area contributed by atoms with E-state index in [-0.39, 0.29) is 18.0 Å². The summed E-state index contributed by atoms with van der Waals surface area (Å²) in [5.74, 6) is 0.498. The second kappa shape index (κ2) is 8.04. The lowest BCUT2D eigenvalue weighted by Crippen LogP contribution is -2.34. The molecule has 1 saturated heterocycles. The Balaban J connectivity index is 1.47. The Morgan fingerprint density at radius 2 is 1.63 bits per heavy atom. The van der Waals surface area contributed by atoms with E-state index in [0.717, 1.165) is 4.90 Å². The minimum absolute atomic E-state index is 0.0379. The van der Waals surface area contributed by atoms with Crippen LogP contribution in [0.3, 0.4) is 0 Å². The van der Waals surface area contributed by atoms with Crippen molar-refractivity contribution < 1.29 is 19.2 Å². The fourth-order valence-corrected chi connectivity index (χ4v) is 3.21. The van der Waals surface area contributed by atoms with Crippen molar-refractivity contribution in [3.8, 4) is 11.5 Å². The molecule has 1 heterocycles. The molecule has 2 amide bonds. The maximum atomic E-state index is 12.8. The average Bonchev–Trinajstić information content (AvgIpc) is 3.02. The van der Waals surface area contributed by atoms with Crippen molar-refractivity contribution in [2.75, 3.05) is 10.2 Å². The molecule has 4 rings (SSSR count). The maximum Gasteiger partial charge on any atom is 0.271 e. The fraction of sp³-hybridized carbons (Fsp3) is 0.0909. The van der Waals surface area contributed by atoms with Gasteiger partial charge in [-0.15, -0.1) is 0 Å². The number of hydrogen-bond acceptors (Lipinski definition) is 6. The minimum Gasteiger partial charge on any atom is -0.457 e. The summed E-state index contributed by atoms with van der Waals surface area (Å²) in [5.41, 5.74) is 0.750. The summed E-state index contributed by atoms with van der Waals surface area (Å²) in [4.78, 5) is 36.8. The van der Waals surface area contributed by atoms with Crippen LogP contribution in [0.5, 0.6) is 11.5 Å². The van der Waals surface area contributed by atoms with Gasteiger partial charge in [-0.2, -0.15) is 0 Å². The number of benzene rings is 3. The largest absolute Gasteiger partial charge is 0.457 e. The molecule has 0 spiro atoms. The van der Waals surface area contributed by atoms with Gasteiger partial charge in [-0.25, -0.2) is 4.90 Å². The Morgan fingerprint density at radius 3 is 2.33 bits per heavy atom. The minimum atomic E-state index is -0.792. The monoisotopic (exact) mass is 403 g/mol. The fourth-order valence-electron chi connectivity index (χ4n) is 3.21. The third-order valence-corrected chi connectivity index (χ3v) is 4.62. The first-order valence-electron chi connectivity index (χ1n) is 9.22. The lowest BCUT2D eigenvalue weighted by molar-refractivity contribution is -0.384. The standard InChI is InChI=1S/C22H17N3O5/c26-21-14-20(23-15-5-4-6-17(13-15)25(28)29)22(27)24(21)16-9-11-19(12-10-16)30-18-7-2-1-3-8-18/h1-13,20,23H,14H2/t20-/m1/s1. The van der Waals surface area contributed by atoms with Crippen molar-refractivity contribution in [1.29, 1.82) is 0 Å². The lowest BCUT2D eigenvalue weighted by Gasteiger charge is -2.16. The van der Waals surface area contributed by atoms with Gasteiger partial charge in [0.1, 0.15) is 17.5 Å². The van der Waals surface area contributed by atoms with E-state index in [1.807, 2.05) is 30.3 Å². The zero-order chi connectivity index (χ0) is 21.1. The molecule has 3 aromatic carbocycles. The molecule has 3 aromatic rings. The van der Waals surface area contributed by atoms with Crippen LogP contribution in [0.15, 0.2) is 78.9 Å². The van der Waals surface area contributed by atoms with Crippen molar-refractivity contribution >= 4 is 28.9 Å². The van der Waals surface area contributed by atoms with Crippen molar-refractivity contribution in [2.24, 2.45) is 0 Å². The first kappa shape index (κ1) is 19.1. The molecule has 0 bridgehead atoms. The molecule has 1 atom stereocenters. The number of carbonyl (C=O) groups excluding carboxylic acids is 2. The number of para-hydroxylation sites is 1. The number of ether oxygens (including phenoxy) is 1. The second-order valence-corrected chi connectivity index (χ2v) is 6.68. The number of rotatable bonds is 6.